The molecule has 2 aromatic heterocycles. The van der Waals surface area contributed by atoms with E-state index in [-0.39, 0.29) is 10.6 Å². The lowest BCUT2D eigenvalue weighted by Gasteiger charge is -2.15. The fourth-order valence-corrected chi connectivity index (χ4v) is 5.58. The predicted octanol–water partition coefficient (Wildman–Crippen LogP) is 5.77. The highest BCUT2D eigenvalue weighted by Gasteiger charge is 2.35. The van der Waals surface area contributed by atoms with Gasteiger partial charge in [0, 0.05) is 40.4 Å². The number of nitrogens with one attached hydrogen (secondary N) is 1. The van der Waals surface area contributed by atoms with Gasteiger partial charge < -0.3 is 5.41 Å². The molecule has 11 heteroatoms. The number of sulfone groups is 1. The molecule has 0 spiro atoms. The second-order valence-electron chi connectivity index (χ2n) is 7.76. The van der Waals surface area contributed by atoms with E-state index in [0.29, 0.717) is 28.4 Å². The van der Waals surface area contributed by atoms with Crippen molar-refractivity contribution in [2.24, 2.45) is 4.99 Å². The average molecular weight is 528 g/mol. The van der Waals surface area contributed by atoms with Gasteiger partial charge in [-0.2, -0.15) is 13.2 Å². The molecule has 0 radical (unpaired) electrons. The van der Waals surface area contributed by atoms with Crippen molar-refractivity contribution in [1.82, 2.24) is 4.90 Å². The fourth-order valence-electron chi connectivity index (χ4n) is 3.12. The third kappa shape index (κ3) is 7.33. The monoisotopic (exact) mass is 527 g/mol. The third-order valence-electron chi connectivity index (χ3n) is 4.91. The Hall–Kier alpha value is -2.34. The summed E-state index contributed by atoms with van der Waals surface area (Å²) in [6.07, 6.45) is -4.23. The van der Waals surface area contributed by atoms with Gasteiger partial charge in [0.15, 0.2) is 9.84 Å². The van der Waals surface area contributed by atoms with Gasteiger partial charge >= 0.3 is 6.18 Å². The molecule has 0 aliphatic rings. The van der Waals surface area contributed by atoms with Crippen LogP contribution in [0.5, 0.6) is 0 Å². The van der Waals surface area contributed by atoms with Crippen LogP contribution >= 0.6 is 22.7 Å². The number of thiophene rings is 2. The zero-order valence-electron chi connectivity index (χ0n) is 18.6. The number of likely N-dealkylation sites (N-methyl/N-ethyl adjacent to an activating group) is 1. The van der Waals surface area contributed by atoms with Crippen molar-refractivity contribution >= 4 is 43.9 Å². The quantitative estimate of drug-likeness (QED) is 0.340. The third-order valence-corrected chi connectivity index (χ3v) is 8.07. The van der Waals surface area contributed by atoms with E-state index in [2.05, 4.69) is 4.99 Å². The Labute approximate surface area is 205 Å². The molecule has 5 nitrogen and oxygen atoms in total. The molecule has 3 rings (SSSR count). The molecule has 0 atom stereocenters. The minimum absolute atomic E-state index is 0.168. The highest BCUT2D eigenvalue weighted by Crippen LogP contribution is 2.31. The summed E-state index contributed by atoms with van der Waals surface area (Å²) in [6, 6.07) is 13.8. The van der Waals surface area contributed by atoms with Gasteiger partial charge in [-0.05, 0) is 48.3 Å². The van der Waals surface area contributed by atoms with Gasteiger partial charge in [-0.25, -0.2) is 8.42 Å². The Kier molecular flexibility index (Phi) is 8.45. The fraction of sp³-hybridized carbons (Fsp3) is 0.304. The van der Waals surface area contributed by atoms with Crippen molar-refractivity contribution in [1.29, 1.82) is 5.41 Å². The van der Waals surface area contributed by atoms with Crippen molar-refractivity contribution in [2.75, 3.05) is 26.4 Å². The second-order valence-corrected chi connectivity index (χ2v) is 11.9. The van der Waals surface area contributed by atoms with Crippen molar-refractivity contribution in [3.05, 3.63) is 63.7 Å². The molecule has 1 N–H and O–H groups in total. The van der Waals surface area contributed by atoms with Gasteiger partial charge in [0.1, 0.15) is 5.71 Å². The van der Waals surface area contributed by atoms with Crippen molar-refractivity contribution in [3.8, 4) is 10.4 Å². The van der Waals surface area contributed by atoms with Crippen molar-refractivity contribution in [2.45, 2.75) is 24.0 Å². The van der Waals surface area contributed by atoms with E-state index in [9.17, 15) is 21.6 Å². The van der Waals surface area contributed by atoms with Crippen molar-refractivity contribution in [3.63, 3.8) is 0 Å². The molecule has 0 saturated heterocycles. The van der Waals surface area contributed by atoms with E-state index in [1.165, 1.54) is 22.3 Å². The number of aliphatic imine (C=N–C) groups is 1. The Morgan fingerprint density at radius 3 is 2.56 bits per heavy atom. The van der Waals surface area contributed by atoms with Gasteiger partial charge in [-0.15, -0.1) is 22.7 Å². The van der Waals surface area contributed by atoms with Gasteiger partial charge in [-0.3, -0.25) is 9.89 Å². The maximum Gasteiger partial charge on any atom is 0.429 e. The lowest BCUT2D eigenvalue weighted by atomic mass is 10.1. The summed E-state index contributed by atoms with van der Waals surface area (Å²) in [5.41, 5.74) is -0.505. The second kappa shape index (κ2) is 10.9. The van der Waals surface area contributed by atoms with E-state index in [0.717, 1.165) is 12.8 Å². The van der Waals surface area contributed by atoms with Crippen LogP contribution in [0.3, 0.4) is 0 Å². The topological polar surface area (TPSA) is 73.6 Å². The molecule has 0 aliphatic carbocycles. The summed E-state index contributed by atoms with van der Waals surface area (Å²) in [7, 11) is -1.47. The van der Waals surface area contributed by atoms with Crippen LogP contribution in [0.15, 0.2) is 63.8 Å². The standard InChI is InChI=1S/C23H24F3N3O2S3/c1-29(15-17-6-4-12-32-17)11-10-28-19(14-22(27)23(24,25)26)21-9-8-20(33-21)16-5-3-7-18(13-16)34(2,30)31/h3-9,12-13,27H,10-11,14-15H2,1-2H3. The Morgan fingerprint density at radius 1 is 1.15 bits per heavy atom. The zero-order chi connectivity index (χ0) is 24.9. The molecule has 0 amide bonds. The van der Waals surface area contributed by atoms with E-state index in [1.807, 2.05) is 29.5 Å². The van der Waals surface area contributed by atoms with Crippen LogP contribution in [0.1, 0.15) is 16.2 Å². The molecule has 0 fully saturated rings. The highest BCUT2D eigenvalue weighted by atomic mass is 32.2. The van der Waals surface area contributed by atoms with E-state index < -0.39 is 28.1 Å². The molecule has 182 valence electrons. The molecule has 34 heavy (non-hydrogen) atoms. The Balaban J connectivity index is 1.81. The first kappa shape index (κ1) is 26.3. The molecule has 3 aromatic rings. The number of rotatable bonds is 10. The number of hydrogen-bond donors (Lipinski definition) is 1. The van der Waals surface area contributed by atoms with Crippen LogP contribution in [0.25, 0.3) is 10.4 Å². The van der Waals surface area contributed by atoms with Gasteiger partial charge in [0.25, 0.3) is 0 Å². The minimum atomic E-state index is -4.72. The normalized spacial score (nSPS) is 12.9. The molecule has 1 aromatic carbocycles. The molecule has 0 saturated carbocycles. The summed E-state index contributed by atoms with van der Waals surface area (Å²) in [4.78, 5) is 9.06. The van der Waals surface area contributed by atoms with Crippen molar-refractivity contribution < 1.29 is 21.6 Å². The SMILES string of the molecule is CN(CCN=C(CC(=N)C(F)(F)F)c1ccc(-c2cccc(S(C)(=O)=O)c2)s1)Cc1cccs1. The first-order valence-corrected chi connectivity index (χ1v) is 13.8. The van der Waals surface area contributed by atoms with Gasteiger partial charge in [0.2, 0.25) is 0 Å². The number of benzene rings is 1. The average Bonchev–Trinajstić information content (AvgIpc) is 3.44. The summed E-state index contributed by atoms with van der Waals surface area (Å²) < 4.78 is 63.0. The Bertz CT molecular complexity index is 1260. The zero-order valence-corrected chi connectivity index (χ0v) is 21.0. The van der Waals surface area contributed by atoms with Crippen LogP contribution in [0.2, 0.25) is 0 Å². The largest absolute Gasteiger partial charge is 0.429 e. The molecule has 2 heterocycles. The van der Waals surface area contributed by atoms with Crippen LogP contribution < -0.4 is 0 Å². The summed E-state index contributed by atoms with van der Waals surface area (Å²) in [6.45, 7) is 1.56. The number of halogens is 3. The van der Waals surface area contributed by atoms with Gasteiger partial charge in [0.05, 0.1) is 17.2 Å². The first-order valence-electron chi connectivity index (χ1n) is 10.2. The molecule has 0 unspecified atom stereocenters. The maximum atomic E-state index is 13.1. The van der Waals surface area contributed by atoms with Crippen LogP contribution in [-0.4, -0.2) is 57.3 Å². The number of alkyl halides is 3. The lowest BCUT2D eigenvalue weighted by molar-refractivity contribution is -0.0605. The summed E-state index contributed by atoms with van der Waals surface area (Å²) in [5, 5.41) is 9.45. The predicted molar refractivity (Wildman–Crippen MR) is 133 cm³/mol. The Morgan fingerprint density at radius 2 is 1.91 bits per heavy atom. The first-order chi connectivity index (χ1) is 15.9. The molecule has 0 aliphatic heterocycles. The number of nitrogens with zero attached hydrogens (tertiary/aromatic N) is 2. The highest BCUT2D eigenvalue weighted by molar-refractivity contribution is 7.90. The van der Waals surface area contributed by atoms with Crippen LogP contribution in [0, 0.1) is 5.41 Å². The summed E-state index contributed by atoms with van der Waals surface area (Å²) in [5.74, 6) is 0. The minimum Gasteiger partial charge on any atom is -0.300 e. The lowest BCUT2D eigenvalue weighted by Crippen LogP contribution is -2.25. The molecular formula is C23H24F3N3O2S3. The maximum absolute atomic E-state index is 13.1. The molecule has 0 bridgehead atoms. The van der Waals surface area contributed by atoms with E-state index in [4.69, 9.17) is 5.41 Å². The smallest absolute Gasteiger partial charge is 0.300 e. The van der Waals surface area contributed by atoms with E-state index in [1.54, 1.807) is 41.7 Å². The molecular weight excluding hydrogens is 503 g/mol. The van der Waals surface area contributed by atoms with E-state index >= 15 is 0 Å². The van der Waals surface area contributed by atoms with Crippen LogP contribution in [-0.2, 0) is 16.4 Å². The van der Waals surface area contributed by atoms with Crippen LogP contribution in [0.4, 0.5) is 13.2 Å². The number of hydrogen-bond acceptors (Lipinski definition) is 7. The summed E-state index contributed by atoms with van der Waals surface area (Å²) >= 11 is 2.86. The van der Waals surface area contributed by atoms with Gasteiger partial charge in [-0.1, -0.05) is 18.2 Å².